The lowest BCUT2D eigenvalue weighted by molar-refractivity contribution is -0.121. The van der Waals surface area contributed by atoms with Gasteiger partial charge in [-0.25, -0.2) is 4.98 Å². The molecule has 152 valence electrons. The molecule has 6 heteroatoms. The number of aryl methyl sites for hydroxylation is 2. The Morgan fingerprint density at radius 2 is 1.97 bits per heavy atom. The molecule has 1 aromatic heterocycles. The lowest BCUT2D eigenvalue weighted by atomic mass is 9.73. The molecule has 3 heterocycles. The predicted octanol–water partition coefficient (Wildman–Crippen LogP) is 3.72. The Balaban J connectivity index is 1.54. The number of carbonyl (C=O) groups excluding carboxylic acids is 2. The Hall–Kier alpha value is -3.41. The van der Waals surface area contributed by atoms with Crippen LogP contribution in [-0.2, 0) is 16.6 Å². The fourth-order valence-corrected chi connectivity index (χ4v) is 5.00. The summed E-state index contributed by atoms with van der Waals surface area (Å²) >= 11 is 0. The Bertz CT molecular complexity index is 1110. The van der Waals surface area contributed by atoms with Crippen LogP contribution in [0.15, 0.2) is 65.3 Å². The molecule has 1 spiro atoms. The van der Waals surface area contributed by atoms with Gasteiger partial charge in [-0.05, 0) is 36.5 Å². The topological polar surface area (TPSA) is 75.4 Å². The highest BCUT2D eigenvalue weighted by atomic mass is 16.3. The molecule has 2 amide bonds. The molecule has 0 saturated carbocycles. The van der Waals surface area contributed by atoms with E-state index in [-0.39, 0.29) is 17.9 Å². The van der Waals surface area contributed by atoms with Crippen LogP contribution in [0.2, 0.25) is 0 Å². The number of benzene rings is 2. The van der Waals surface area contributed by atoms with Gasteiger partial charge in [0, 0.05) is 19.2 Å². The number of amides is 2. The summed E-state index contributed by atoms with van der Waals surface area (Å²) in [5, 5.41) is 3.05. The zero-order valence-corrected chi connectivity index (χ0v) is 16.8. The monoisotopic (exact) mass is 401 g/mol. The molecule has 0 radical (unpaired) electrons. The maximum atomic E-state index is 13.3. The first kappa shape index (κ1) is 18.6. The summed E-state index contributed by atoms with van der Waals surface area (Å²) in [6, 6.07) is 17.7. The summed E-state index contributed by atoms with van der Waals surface area (Å²) < 4.78 is 5.27. The van der Waals surface area contributed by atoms with Crippen LogP contribution in [0.1, 0.15) is 40.3 Å². The molecule has 2 aliphatic heterocycles. The van der Waals surface area contributed by atoms with Gasteiger partial charge in [-0.2, -0.15) is 0 Å². The van der Waals surface area contributed by atoms with E-state index < -0.39 is 5.41 Å². The van der Waals surface area contributed by atoms with Gasteiger partial charge in [0.2, 0.25) is 5.91 Å². The molecule has 2 atom stereocenters. The maximum absolute atomic E-state index is 13.3. The van der Waals surface area contributed by atoms with Crippen molar-refractivity contribution < 1.29 is 14.0 Å². The van der Waals surface area contributed by atoms with Gasteiger partial charge < -0.3 is 14.6 Å². The van der Waals surface area contributed by atoms with E-state index in [9.17, 15) is 9.59 Å². The molecule has 1 saturated heterocycles. The molecule has 2 aliphatic rings. The standard InChI is InChI=1S/C24H23N3O3/c1-16-25-20(15-30-16)22(28)27-14-13-24(18-9-5-6-10-19(18)26-23(24)29)21(27)12-11-17-7-3-2-4-8-17/h2-10,15,21H,11-14H2,1H3,(H,26,29)/t21-,24+/m0/s1. The van der Waals surface area contributed by atoms with E-state index in [1.54, 1.807) is 6.92 Å². The molecule has 30 heavy (non-hydrogen) atoms. The number of aromatic nitrogens is 1. The fraction of sp³-hybridized carbons (Fsp3) is 0.292. The van der Waals surface area contributed by atoms with Crippen LogP contribution in [-0.4, -0.2) is 34.3 Å². The van der Waals surface area contributed by atoms with E-state index in [1.165, 1.54) is 11.8 Å². The van der Waals surface area contributed by atoms with E-state index in [1.807, 2.05) is 47.4 Å². The minimum atomic E-state index is -0.736. The first-order chi connectivity index (χ1) is 14.6. The molecule has 0 bridgehead atoms. The quantitative estimate of drug-likeness (QED) is 0.723. The van der Waals surface area contributed by atoms with Crippen LogP contribution < -0.4 is 5.32 Å². The lowest BCUT2D eigenvalue weighted by Crippen LogP contribution is -2.49. The number of likely N-dealkylation sites (tertiary alicyclic amines) is 1. The van der Waals surface area contributed by atoms with Crippen LogP contribution in [0.4, 0.5) is 5.69 Å². The van der Waals surface area contributed by atoms with E-state index in [0.717, 1.165) is 17.7 Å². The van der Waals surface area contributed by atoms with Gasteiger partial charge in [-0.3, -0.25) is 9.59 Å². The first-order valence-electron chi connectivity index (χ1n) is 10.3. The third kappa shape index (κ3) is 2.83. The number of carbonyl (C=O) groups is 2. The number of fused-ring (bicyclic) bond motifs is 2. The average Bonchev–Trinajstić information content (AvgIpc) is 3.44. The SMILES string of the molecule is Cc1nc(C(=O)N2CC[C@]3(C(=O)Nc4ccccc43)[C@@H]2CCc2ccccc2)co1. The van der Waals surface area contributed by atoms with Crippen LogP contribution in [0.25, 0.3) is 0 Å². The summed E-state index contributed by atoms with van der Waals surface area (Å²) in [7, 11) is 0. The summed E-state index contributed by atoms with van der Waals surface area (Å²) in [5.41, 5.74) is 2.58. The Labute approximate surface area is 174 Å². The second-order valence-corrected chi connectivity index (χ2v) is 8.01. The highest BCUT2D eigenvalue weighted by Crippen LogP contribution is 2.49. The molecule has 5 rings (SSSR count). The van der Waals surface area contributed by atoms with Gasteiger partial charge in [-0.1, -0.05) is 48.5 Å². The number of anilines is 1. The van der Waals surface area contributed by atoms with Crippen molar-refractivity contribution >= 4 is 17.5 Å². The van der Waals surface area contributed by atoms with Crippen LogP contribution in [0.5, 0.6) is 0 Å². The van der Waals surface area contributed by atoms with Crippen molar-refractivity contribution in [3.8, 4) is 0 Å². The van der Waals surface area contributed by atoms with Gasteiger partial charge >= 0.3 is 0 Å². The molecule has 3 aromatic rings. The van der Waals surface area contributed by atoms with Crippen LogP contribution in [0, 0.1) is 6.92 Å². The molecule has 0 aliphatic carbocycles. The van der Waals surface area contributed by atoms with Gasteiger partial charge in [0.25, 0.3) is 5.91 Å². The van der Waals surface area contributed by atoms with Crippen molar-refractivity contribution in [3.05, 3.63) is 83.6 Å². The van der Waals surface area contributed by atoms with Gasteiger partial charge in [0.15, 0.2) is 11.6 Å². The van der Waals surface area contributed by atoms with E-state index in [0.29, 0.717) is 31.0 Å². The van der Waals surface area contributed by atoms with E-state index in [4.69, 9.17) is 4.42 Å². The van der Waals surface area contributed by atoms with Crippen molar-refractivity contribution in [1.29, 1.82) is 0 Å². The molecule has 1 fully saturated rings. The van der Waals surface area contributed by atoms with E-state index >= 15 is 0 Å². The van der Waals surface area contributed by atoms with Crippen molar-refractivity contribution in [2.45, 2.75) is 37.6 Å². The number of hydrogen-bond acceptors (Lipinski definition) is 4. The van der Waals surface area contributed by atoms with Crippen molar-refractivity contribution in [3.63, 3.8) is 0 Å². The number of rotatable bonds is 4. The van der Waals surface area contributed by atoms with Gasteiger partial charge in [-0.15, -0.1) is 0 Å². The van der Waals surface area contributed by atoms with Crippen molar-refractivity contribution in [1.82, 2.24) is 9.88 Å². The maximum Gasteiger partial charge on any atom is 0.276 e. The van der Waals surface area contributed by atoms with Crippen molar-refractivity contribution in [2.75, 3.05) is 11.9 Å². The van der Waals surface area contributed by atoms with Gasteiger partial charge in [0.05, 0.1) is 11.5 Å². The third-order valence-corrected chi connectivity index (χ3v) is 6.40. The summed E-state index contributed by atoms with van der Waals surface area (Å²) in [6.45, 7) is 2.22. The number of hydrogen-bond donors (Lipinski definition) is 1. The number of nitrogens with one attached hydrogen (secondary N) is 1. The second-order valence-electron chi connectivity index (χ2n) is 8.01. The zero-order valence-electron chi connectivity index (χ0n) is 16.8. The minimum absolute atomic E-state index is 0.0200. The largest absolute Gasteiger partial charge is 0.448 e. The normalized spacial score (nSPS) is 22.4. The number of para-hydroxylation sites is 1. The molecule has 1 N–H and O–H groups in total. The van der Waals surface area contributed by atoms with Crippen LogP contribution >= 0.6 is 0 Å². The Morgan fingerprint density at radius 3 is 2.73 bits per heavy atom. The summed E-state index contributed by atoms with van der Waals surface area (Å²) in [5.74, 6) is 0.254. The fourth-order valence-electron chi connectivity index (χ4n) is 5.00. The zero-order chi connectivity index (χ0) is 20.7. The highest BCUT2D eigenvalue weighted by molar-refractivity contribution is 6.08. The molecule has 2 aromatic carbocycles. The minimum Gasteiger partial charge on any atom is -0.448 e. The van der Waals surface area contributed by atoms with Gasteiger partial charge in [0.1, 0.15) is 6.26 Å². The number of nitrogens with zero attached hydrogens (tertiary/aromatic N) is 2. The Morgan fingerprint density at radius 1 is 1.20 bits per heavy atom. The summed E-state index contributed by atoms with van der Waals surface area (Å²) in [4.78, 5) is 32.7. The highest BCUT2D eigenvalue weighted by Gasteiger charge is 2.58. The van der Waals surface area contributed by atoms with E-state index in [2.05, 4.69) is 22.4 Å². The molecule has 6 nitrogen and oxygen atoms in total. The first-order valence-corrected chi connectivity index (χ1v) is 10.3. The third-order valence-electron chi connectivity index (χ3n) is 6.40. The lowest BCUT2D eigenvalue weighted by Gasteiger charge is -2.34. The van der Waals surface area contributed by atoms with Crippen LogP contribution in [0.3, 0.4) is 0 Å². The van der Waals surface area contributed by atoms with Crippen molar-refractivity contribution in [2.24, 2.45) is 0 Å². The molecule has 0 unspecified atom stereocenters. The number of oxazole rings is 1. The molecular weight excluding hydrogens is 378 g/mol. The summed E-state index contributed by atoms with van der Waals surface area (Å²) in [6.07, 6.45) is 3.47. The predicted molar refractivity (Wildman–Crippen MR) is 112 cm³/mol. The molecular formula is C24H23N3O3. The Kier molecular flexibility index (Phi) is 4.42. The average molecular weight is 401 g/mol. The smallest absolute Gasteiger partial charge is 0.276 e. The second kappa shape index (κ2) is 7.13.